The number of urea groups is 1. The molecule has 6 heteroatoms. The Kier molecular flexibility index (Phi) is 3.00. The number of nitrogens with one attached hydrogen (secondary N) is 1. The Hall–Kier alpha value is -2.73. The second-order valence-electron chi connectivity index (χ2n) is 6.46. The first-order valence-electron chi connectivity index (χ1n) is 8.24. The second kappa shape index (κ2) is 5.13. The zero-order valence-electron chi connectivity index (χ0n) is 13.4. The Balaban J connectivity index is 1.49. The van der Waals surface area contributed by atoms with Crippen molar-refractivity contribution in [2.24, 2.45) is 0 Å². The van der Waals surface area contributed by atoms with E-state index in [0.29, 0.717) is 6.42 Å². The third-order valence-electron chi connectivity index (χ3n) is 5.05. The minimum Gasteiger partial charge on any atom is -0.319 e. The van der Waals surface area contributed by atoms with Crippen LogP contribution in [0.2, 0.25) is 0 Å². The number of nitrogens with zero attached hydrogens (tertiary/aromatic N) is 2. The third kappa shape index (κ3) is 2.04. The summed E-state index contributed by atoms with van der Waals surface area (Å²) < 4.78 is 1.06. The number of hydrogen-bond donors (Lipinski definition) is 1. The van der Waals surface area contributed by atoms with Gasteiger partial charge in [0.15, 0.2) is 0 Å². The molecule has 0 saturated carbocycles. The van der Waals surface area contributed by atoms with Gasteiger partial charge in [0, 0.05) is 0 Å². The molecule has 1 fully saturated rings. The van der Waals surface area contributed by atoms with Gasteiger partial charge in [-0.2, -0.15) is 0 Å². The number of carbonyl (C=O) groups is 2. The van der Waals surface area contributed by atoms with E-state index in [1.54, 1.807) is 0 Å². The Bertz CT molecular complexity index is 995. The normalized spacial score (nSPS) is 22.0. The van der Waals surface area contributed by atoms with Crippen molar-refractivity contribution in [1.29, 1.82) is 0 Å². The molecule has 0 bridgehead atoms. The molecule has 1 spiro atoms. The first-order chi connectivity index (χ1) is 12.2. The Morgan fingerprint density at radius 3 is 2.80 bits per heavy atom. The predicted molar refractivity (Wildman–Crippen MR) is 95.1 cm³/mol. The number of aryl methyl sites for hydroxylation is 1. The maximum absolute atomic E-state index is 13.1. The van der Waals surface area contributed by atoms with Crippen LogP contribution in [-0.4, -0.2) is 21.8 Å². The molecule has 25 heavy (non-hydrogen) atoms. The van der Waals surface area contributed by atoms with Gasteiger partial charge in [-0.3, -0.25) is 9.69 Å². The summed E-state index contributed by atoms with van der Waals surface area (Å²) in [6.07, 6.45) is 1.42. The lowest BCUT2D eigenvalue weighted by Gasteiger charge is -2.22. The number of para-hydroxylation sites is 1. The maximum Gasteiger partial charge on any atom is 0.325 e. The predicted octanol–water partition coefficient (Wildman–Crippen LogP) is 3.19. The highest BCUT2D eigenvalue weighted by molar-refractivity contribution is 7.18. The molecule has 5 nitrogen and oxygen atoms in total. The Labute approximate surface area is 148 Å². The molecule has 1 aromatic heterocycles. The molecule has 1 aliphatic carbocycles. The number of fused-ring (bicyclic) bond motifs is 3. The van der Waals surface area contributed by atoms with Crippen LogP contribution in [0.3, 0.4) is 0 Å². The molecule has 1 aliphatic heterocycles. The zero-order chi connectivity index (χ0) is 17.0. The van der Waals surface area contributed by atoms with E-state index in [9.17, 15) is 9.59 Å². The molecule has 2 heterocycles. The highest BCUT2D eigenvalue weighted by atomic mass is 32.1. The van der Waals surface area contributed by atoms with Gasteiger partial charge < -0.3 is 5.32 Å². The number of aromatic nitrogens is 1. The molecule has 5 rings (SSSR count). The van der Waals surface area contributed by atoms with Crippen molar-refractivity contribution in [1.82, 2.24) is 15.2 Å². The minimum atomic E-state index is -0.898. The summed E-state index contributed by atoms with van der Waals surface area (Å²) >= 11 is 1.52. The van der Waals surface area contributed by atoms with Gasteiger partial charge in [0.1, 0.15) is 10.5 Å². The van der Waals surface area contributed by atoms with E-state index in [4.69, 9.17) is 0 Å². The quantitative estimate of drug-likeness (QED) is 0.723. The van der Waals surface area contributed by atoms with Crippen molar-refractivity contribution >= 4 is 33.5 Å². The summed E-state index contributed by atoms with van der Waals surface area (Å²) in [4.78, 5) is 31.5. The summed E-state index contributed by atoms with van der Waals surface area (Å²) in [5.74, 6) is -0.165. The van der Waals surface area contributed by atoms with Crippen LogP contribution in [0, 0.1) is 0 Å². The first kappa shape index (κ1) is 14.6. The third-order valence-corrected chi connectivity index (χ3v) is 6.07. The number of benzene rings is 2. The number of imide groups is 1. The molecule has 2 aliphatic rings. The van der Waals surface area contributed by atoms with Gasteiger partial charge in [-0.05, 0) is 36.1 Å². The highest BCUT2D eigenvalue weighted by Crippen LogP contribution is 2.41. The number of hydrogen-bond acceptors (Lipinski definition) is 4. The molecule has 1 unspecified atom stereocenters. The Morgan fingerprint density at radius 1 is 1.12 bits per heavy atom. The number of carbonyl (C=O) groups excluding carboxylic acids is 2. The van der Waals surface area contributed by atoms with Gasteiger partial charge in [-0.15, -0.1) is 11.3 Å². The smallest absolute Gasteiger partial charge is 0.319 e. The van der Waals surface area contributed by atoms with E-state index in [1.165, 1.54) is 16.2 Å². The van der Waals surface area contributed by atoms with E-state index >= 15 is 0 Å². The second-order valence-corrected chi connectivity index (χ2v) is 7.57. The van der Waals surface area contributed by atoms with Crippen LogP contribution in [0.1, 0.15) is 22.6 Å². The van der Waals surface area contributed by atoms with Gasteiger partial charge >= 0.3 is 6.03 Å². The molecule has 2 aromatic carbocycles. The molecule has 1 saturated heterocycles. The summed E-state index contributed by atoms with van der Waals surface area (Å²) in [5, 5.41) is 3.72. The lowest BCUT2D eigenvalue weighted by molar-refractivity contribution is -0.132. The maximum atomic E-state index is 13.1. The van der Waals surface area contributed by atoms with Gasteiger partial charge in [-0.25, -0.2) is 9.78 Å². The number of thiazole rings is 1. The SMILES string of the molecule is O=C1NC2(CCc3ccccc32)C(=O)N1Cc1nc2ccccc2s1. The van der Waals surface area contributed by atoms with Gasteiger partial charge in [-0.1, -0.05) is 36.4 Å². The van der Waals surface area contributed by atoms with Crippen molar-refractivity contribution in [2.75, 3.05) is 0 Å². The summed E-state index contributed by atoms with van der Waals surface area (Å²) in [5.41, 5.74) is 2.07. The van der Waals surface area contributed by atoms with Crippen molar-refractivity contribution in [3.63, 3.8) is 0 Å². The topological polar surface area (TPSA) is 62.3 Å². The monoisotopic (exact) mass is 349 g/mol. The van der Waals surface area contributed by atoms with Gasteiger partial charge in [0.25, 0.3) is 5.91 Å². The van der Waals surface area contributed by atoms with E-state index in [-0.39, 0.29) is 18.5 Å². The van der Waals surface area contributed by atoms with Crippen LogP contribution in [0.5, 0.6) is 0 Å². The minimum absolute atomic E-state index is 0.165. The largest absolute Gasteiger partial charge is 0.325 e. The van der Waals surface area contributed by atoms with Crippen molar-refractivity contribution in [2.45, 2.75) is 24.9 Å². The molecule has 124 valence electrons. The summed E-state index contributed by atoms with van der Waals surface area (Å²) in [6, 6.07) is 15.4. The highest BCUT2D eigenvalue weighted by Gasteiger charge is 2.55. The van der Waals surface area contributed by atoms with Gasteiger partial charge in [0.05, 0.1) is 16.8 Å². The average molecular weight is 349 g/mol. The van der Waals surface area contributed by atoms with Crippen molar-refractivity contribution in [3.8, 4) is 0 Å². The average Bonchev–Trinajstić information content (AvgIpc) is 3.27. The fraction of sp³-hybridized carbons (Fsp3) is 0.211. The molecular weight excluding hydrogens is 334 g/mol. The van der Waals surface area contributed by atoms with E-state index < -0.39 is 5.54 Å². The molecule has 3 aromatic rings. The summed E-state index contributed by atoms with van der Waals surface area (Å²) in [7, 11) is 0. The fourth-order valence-electron chi connectivity index (χ4n) is 3.86. The van der Waals surface area contributed by atoms with Gasteiger partial charge in [0.2, 0.25) is 0 Å². The van der Waals surface area contributed by atoms with Crippen LogP contribution in [-0.2, 0) is 23.3 Å². The van der Waals surface area contributed by atoms with E-state index in [1.807, 2.05) is 48.5 Å². The van der Waals surface area contributed by atoms with E-state index in [0.717, 1.165) is 32.8 Å². The summed E-state index contributed by atoms with van der Waals surface area (Å²) in [6.45, 7) is 0.216. The van der Waals surface area contributed by atoms with Crippen molar-refractivity contribution < 1.29 is 9.59 Å². The lowest BCUT2D eigenvalue weighted by Crippen LogP contribution is -2.41. The van der Waals surface area contributed by atoms with Crippen LogP contribution in [0.25, 0.3) is 10.2 Å². The standard InChI is InChI=1S/C19H15N3O2S/c23-17-19(10-9-12-5-1-2-6-13(12)19)21-18(24)22(17)11-16-20-14-7-3-4-8-15(14)25-16/h1-8H,9-11H2,(H,21,24). The van der Waals surface area contributed by atoms with Crippen molar-refractivity contribution in [3.05, 3.63) is 64.7 Å². The zero-order valence-corrected chi connectivity index (χ0v) is 14.2. The molecule has 1 atom stereocenters. The number of amides is 3. The number of rotatable bonds is 2. The first-order valence-corrected chi connectivity index (χ1v) is 9.06. The van der Waals surface area contributed by atoms with Crippen LogP contribution < -0.4 is 5.32 Å². The molecule has 3 amide bonds. The molecule has 1 N–H and O–H groups in total. The van der Waals surface area contributed by atoms with Crippen LogP contribution in [0.4, 0.5) is 4.79 Å². The Morgan fingerprint density at radius 2 is 1.92 bits per heavy atom. The molecular formula is C19H15N3O2S. The lowest BCUT2D eigenvalue weighted by atomic mass is 9.92. The van der Waals surface area contributed by atoms with Crippen LogP contribution >= 0.6 is 11.3 Å². The van der Waals surface area contributed by atoms with Crippen LogP contribution in [0.15, 0.2) is 48.5 Å². The fourth-order valence-corrected chi connectivity index (χ4v) is 4.81. The molecule has 0 radical (unpaired) electrons. The van der Waals surface area contributed by atoms with E-state index in [2.05, 4.69) is 10.3 Å².